The van der Waals surface area contributed by atoms with Gasteiger partial charge in [0.15, 0.2) is 0 Å². The van der Waals surface area contributed by atoms with Crippen molar-refractivity contribution in [3.63, 3.8) is 0 Å². The number of hydrogen-bond donors (Lipinski definition) is 3. The molecule has 3 rings (SSSR count). The predicted octanol–water partition coefficient (Wildman–Crippen LogP) is 3.52. The van der Waals surface area contributed by atoms with Crippen LogP contribution in [0.1, 0.15) is 25.8 Å². The molecule has 6 nitrogen and oxygen atoms in total. The number of nitrogens with zero attached hydrogens (tertiary/aromatic N) is 1. The van der Waals surface area contributed by atoms with E-state index >= 15 is 0 Å². The van der Waals surface area contributed by atoms with Gasteiger partial charge in [-0.25, -0.2) is 9.89 Å². The van der Waals surface area contributed by atoms with E-state index in [2.05, 4.69) is 27.8 Å². The van der Waals surface area contributed by atoms with Crippen LogP contribution in [0, 0.1) is 11.8 Å². The Kier molecular flexibility index (Phi) is 6.59. The molecule has 0 radical (unpaired) electrons. The van der Waals surface area contributed by atoms with Crippen LogP contribution in [0.3, 0.4) is 0 Å². The molecular weight excluding hydrogens is 385 g/mol. The molecule has 1 aromatic heterocycles. The number of aromatic amines is 1. The summed E-state index contributed by atoms with van der Waals surface area (Å²) in [5.74, 6) is -0.196. The minimum absolute atomic E-state index is 0. The van der Waals surface area contributed by atoms with E-state index in [0.717, 1.165) is 25.6 Å². The highest BCUT2D eigenvalue weighted by atomic mass is 35.5. The molecule has 2 heterocycles. The van der Waals surface area contributed by atoms with Gasteiger partial charge >= 0.3 is 11.9 Å². The number of aromatic nitrogens is 2. The topological polar surface area (TPSA) is 83.0 Å². The van der Waals surface area contributed by atoms with Crippen LogP contribution >= 0.6 is 12.4 Å². The average molecular weight is 407 g/mol. The molecule has 1 fully saturated rings. The first-order chi connectivity index (χ1) is 12.3. The summed E-state index contributed by atoms with van der Waals surface area (Å²) in [5.41, 5.74) is -0.504. The molecule has 2 aromatic rings. The molecule has 0 amide bonds. The molecule has 0 aliphatic carbocycles. The van der Waals surface area contributed by atoms with Gasteiger partial charge in [0.2, 0.25) is 5.89 Å². The smallest absolute Gasteiger partial charge is 0.388 e. The average Bonchev–Trinajstić information content (AvgIpc) is 3.00. The van der Waals surface area contributed by atoms with E-state index < -0.39 is 17.5 Å². The molecule has 3 atom stereocenters. The van der Waals surface area contributed by atoms with E-state index in [0.29, 0.717) is 11.5 Å². The van der Waals surface area contributed by atoms with Crippen LogP contribution in [0.5, 0.6) is 0 Å². The number of halogens is 4. The Morgan fingerprint density at radius 3 is 2.70 bits per heavy atom. The van der Waals surface area contributed by atoms with E-state index in [1.54, 1.807) is 0 Å². The van der Waals surface area contributed by atoms with Crippen LogP contribution < -0.4 is 16.4 Å². The van der Waals surface area contributed by atoms with E-state index in [-0.39, 0.29) is 35.9 Å². The maximum Gasteiger partial charge on any atom is 0.434 e. The Bertz CT molecular complexity index is 821. The fraction of sp³-hybridized carbons (Fsp3) is 0.529. The van der Waals surface area contributed by atoms with Crippen LogP contribution in [0.4, 0.5) is 18.9 Å². The second-order valence-electron chi connectivity index (χ2n) is 6.74. The lowest BCUT2D eigenvalue weighted by atomic mass is 9.82. The standard InChI is InChI=1S/C17H21F3N4O2.ClH/c1-9-8-21-6-5-12(9)10(2)22-14-7-11(15-23-24-16(25)26-15)3-4-13(14)17(18,19)20;/h3-4,7,9-10,12,21-22H,5-6,8H2,1-2H3,(H,24,25);1H/t9-,10?,12+;/m1./s1. The number of H-pyrrole nitrogens is 1. The number of hydrogen-bond acceptors (Lipinski definition) is 5. The van der Waals surface area contributed by atoms with Crippen molar-refractivity contribution in [3.05, 3.63) is 34.3 Å². The molecule has 1 aliphatic heterocycles. The number of alkyl halides is 3. The summed E-state index contributed by atoms with van der Waals surface area (Å²) in [4.78, 5) is 11.1. The molecule has 150 valence electrons. The highest BCUT2D eigenvalue weighted by Crippen LogP contribution is 2.38. The summed E-state index contributed by atoms with van der Waals surface area (Å²) in [7, 11) is 0. The number of nitrogens with one attached hydrogen (secondary N) is 3. The monoisotopic (exact) mass is 406 g/mol. The Hall–Kier alpha value is -2.00. The van der Waals surface area contributed by atoms with Gasteiger partial charge in [-0.05, 0) is 56.5 Å². The molecule has 0 spiro atoms. The zero-order chi connectivity index (χ0) is 18.9. The third-order valence-electron chi connectivity index (χ3n) is 4.89. The van der Waals surface area contributed by atoms with Gasteiger partial charge in [0.25, 0.3) is 0 Å². The Balaban J connectivity index is 0.00000261. The molecule has 0 bridgehead atoms. The predicted molar refractivity (Wildman–Crippen MR) is 98.0 cm³/mol. The molecule has 10 heteroatoms. The zero-order valence-corrected chi connectivity index (χ0v) is 15.7. The van der Waals surface area contributed by atoms with Gasteiger partial charge < -0.3 is 15.1 Å². The van der Waals surface area contributed by atoms with Crippen molar-refractivity contribution < 1.29 is 17.6 Å². The Labute approximate surface area is 160 Å². The summed E-state index contributed by atoms with van der Waals surface area (Å²) < 4.78 is 45.1. The molecular formula is C17H22ClF3N4O2. The minimum Gasteiger partial charge on any atom is -0.388 e. The molecule has 1 aromatic carbocycles. The van der Waals surface area contributed by atoms with Crippen molar-refractivity contribution in [1.82, 2.24) is 15.5 Å². The van der Waals surface area contributed by atoms with Crippen molar-refractivity contribution in [3.8, 4) is 11.5 Å². The van der Waals surface area contributed by atoms with Gasteiger partial charge in [0.1, 0.15) is 0 Å². The maximum atomic E-state index is 13.4. The third kappa shape index (κ3) is 4.84. The van der Waals surface area contributed by atoms with Crippen molar-refractivity contribution in [2.45, 2.75) is 32.5 Å². The number of anilines is 1. The lowest BCUT2D eigenvalue weighted by molar-refractivity contribution is -0.137. The Morgan fingerprint density at radius 1 is 1.37 bits per heavy atom. The van der Waals surface area contributed by atoms with E-state index in [1.807, 2.05) is 6.92 Å². The van der Waals surface area contributed by atoms with Crippen molar-refractivity contribution in [2.24, 2.45) is 11.8 Å². The number of piperidine rings is 1. The SMILES string of the molecule is CC(Nc1cc(-c2n[nH]c(=O)o2)ccc1C(F)(F)F)[C@H]1CCNC[C@H]1C.Cl. The van der Waals surface area contributed by atoms with Gasteiger partial charge in [-0.1, -0.05) is 6.92 Å². The van der Waals surface area contributed by atoms with Gasteiger partial charge in [-0.3, -0.25) is 0 Å². The summed E-state index contributed by atoms with van der Waals surface area (Å²) >= 11 is 0. The van der Waals surface area contributed by atoms with Crippen molar-refractivity contribution in [2.75, 3.05) is 18.4 Å². The first-order valence-corrected chi connectivity index (χ1v) is 8.50. The summed E-state index contributed by atoms with van der Waals surface area (Å²) in [6.45, 7) is 5.69. The fourth-order valence-corrected chi connectivity index (χ4v) is 3.53. The molecule has 27 heavy (non-hydrogen) atoms. The molecule has 1 aliphatic rings. The van der Waals surface area contributed by atoms with E-state index in [4.69, 9.17) is 4.42 Å². The van der Waals surface area contributed by atoms with Crippen LogP contribution in [0.15, 0.2) is 27.4 Å². The van der Waals surface area contributed by atoms with Gasteiger partial charge in [-0.2, -0.15) is 13.2 Å². The van der Waals surface area contributed by atoms with Crippen molar-refractivity contribution >= 4 is 18.1 Å². The van der Waals surface area contributed by atoms with Crippen LogP contribution in [0.2, 0.25) is 0 Å². The zero-order valence-electron chi connectivity index (χ0n) is 14.9. The maximum absolute atomic E-state index is 13.4. The fourth-order valence-electron chi connectivity index (χ4n) is 3.53. The van der Waals surface area contributed by atoms with Gasteiger partial charge in [-0.15, -0.1) is 17.5 Å². The highest BCUT2D eigenvalue weighted by molar-refractivity contribution is 5.85. The molecule has 1 unspecified atom stereocenters. The first kappa shape index (κ1) is 21.3. The van der Waals surface area contributed by atoms with E-state index in [1.165, 1.54) is 12.1 Å². The van der Waals surface area contributed by atoms with Crippen LogP contribution in [-0.2, 0) is 6.18 Å². The van der Waals surface area contributed by atoms with Crippen LogP contribution in [0.25, 0.3) is 11.5 Å². The normalized spacial score (nSPS) is 21.4. The third-order valence-corrected chi connectivity index (χ3v) is 4.89. The second-order valence-corrected chi connectivity index (χ2v) is 6.74. The summed E-state index contributed by atoms with van der Waals surface area (Å²) in [6.07, 6.45) is -3.60. The molecule has 0 saturated carbocycles. The summed E-state index contributed by atoms with van der Waals surface area (Å²) in [6, 6.07) is 3.40. The second kappa shape index (κ2) is 8.35. The van der Waals surface area contributed by atoms with E-state index in [9.17, 15) is 18.0 Å². The van der Waals surface area contributed by atoms with Crippen LogP contribution in [-0.4, -0.2) is 29.3 Å². The number of benzene rings is 1. The Morgan fingerprint density at radius 2 is 2.11 bits per heavy atom. The first-order valence-electron chi connectivity index (χ1n) is 8.50. The molecule has 3 N–H and O–H groups in total. The molecule has 1 saturated heterocycles. The quantitative estimate of drug-likeness (QED) is 0.723. The highest BCUT2D eigenvalue weighted by Gasteiger charge is 2.35. The van der Waals surface area contributed by atoms with Gasteiger partial charge in [0.05, 0.1) is 5.56 Å². The lowest BCUT2D eigenvalue weighted by Gasteiger charge is -2.35. The number of rotatable bonds is 4. The largest absolute Gasteiger partial charge is 0.434 e. The van der Waals surface area contributed by atoms with Crippen molar-refractivity contribution in [1.29, 1.82) is 0 Å². The lowest BCUT2D eigenvalue weighted by Crippen LogP contribution is -2.42. The minimum atomic E-state index is -4.49. The van der Waals surface area contributed by atoms with Gasteiger partial charge in [0, 0.05) is 17.3 Å². The summed E-state index contributed by atoms with van der Waals surface area (Å²) in [5, 5.41) is 12.1.